The van der Waals surface area contributed by atoms with E-state index in [1.165, 1.54) is 0 Å². The first kappa shape index (κ1) is 11.3. The zero-order chi connectivity index (χ0) is 11.5. The fourth-order valence-electron chi connectivity index (χ4n) is 1.55. The monoisotopic (exact) mass is 279 g/mol. The fraction of sp³-hybridized carbons (Fsp3) is 0.231. The highest BCUT2D eigenvalue weighted by molar-refractivity contribution is 9.10. The summed E-state index contributed by atoms with van der Waals surface area (Å²) in [6.45, 7) is 4.04. The molecule has 1 N–H and O–H groups in total. The highest BCUT2D eigenvalue weighted by Crippen LogP contribution is 2.22. The molecule has 1 aromatic carbocycles. The fourth-order valence-corrected chi connectivity index (χ4v) is 1.82. The molecule has 2 nitrogen and oxygen atoms in total. The maximum Gasteiger partial charge on any atom is 0.126 e. The van der Waals surface area contributed by atoms with Crippen molar-refractivity contribution in [1.82, 2.24) is 0 Å². The van der Waals surface area contributed by atoms with Gasteiger partial charge in [0.1, 0.15) is 11.5 Å². The minimum atomic E-state index is 0.176. The Morgan fingerprint density at radius 1 is 1.12 bits per heavy atom. The normalized spacial score (nSPS) is 12.4. The van der Waals surface area contributed by atoms with E-state index in [2.05, 4.69) is 28.2 Å². The average Bonchev–Trinajstić information content (AvgIpc) is 2.68. The molecule has 1 atom stereocenters. The van der Waals surface area contributed by atoms with Crippen LogP contribution in [0.5, 0.6) is 0 Å². The largest absolute Gasteiger partial charge is 0.464 e. The summed E-state index contributed by atoms with van der Waals surface area (Å²) in [7, 11) is 0. The summed E-state index contributed by atoms with van der Waals surface area (Å²) in [6, 6.07) is 12.3. The Hall–Kier alpha value is -1.22. The number of furan rings is 1. The molecular formula is C13H14BrNO. The van der Waals surface area contributed by atoms with Crippen molar-refractivity contribution >= 4 is 21.6 Å². The summed E-state index contributed by atoms with van der Waals surface area (Å²) in [4.78, 5) is 0. The lowest BCUT2D eigenvalue weighted by molar-refractivity contribution is 0.467. The molecule has 0 aliphatic rings. The Kier molecular flexibility index (Phi) is 3.34. The van der Waals surface area contributed by atoms with Gasteiger partial charge in [0.2, 0.25) is 0 Å². The molecule has 0 aliphatic heterocycles. The van der Waals surface area contributed by atoms with Gasteiger partial charge in [0.05, 0.1) is 6.04 Å². The van der Waals surface area contributed by atoms with Crippen LogP contribution in [0.25, 0.3) is 0 Å². The SMILES string of the molecule is Cc1ccc(C(C)Nc2ccc(Br)cc2)o1. The molecule has 0 fully saturated rings. The molecule has 0 spiro atoms. The topological polar surface area (TPSA) is 25.2 Å². The van der Waals surface area contributed by atoms with E-state index >= 15 is 0 Å². The van der Waals surface area contributed by atoms with Gasteiger partial charge in [-0.3, -0.25) is 0 Å². The van der Waals surface area contributed by atoms with Gasteiger partial charge < -0.3 is 9.73 Å². The molecule has 0 bridgehead atoms. The summed E-state index contributed by atoms with van der Waals surface area (Å²) in [5.74, 6) is 1.90. The van der Waals surface area contributed by atoms with Crippen LogP contribution in [0.1, 0.15) is 24.5 Å². The summed E-state index contributed by atoms with van der Waals surface area (Å²) in [6.07, 6.45) is 0. The highest BCUT2D eigenvalue weighted by atomic mass is 79.9. The molecule has 16 heavy (non-hydrogen) atoms. The van der Waals surface area contributed by atoms with Crippen LogP contribution in [0.2, 0.25) is 0 Å². The number of hydrogen-bond acceptors (Lipinski definition) is 2. The number of halogens is 1. The molecule has 2 aromatic rings. The lowest BCUT2D eigenvalue weighted by atomic mass is 10.2. The molecule has 0 saturated heterocycles. The minimum absolute atomic E-state index is 0.176. The molecule has 0 amide bonds. The molecule has 3 heteroatoms. The predicted octanol–water partition coefficient (Wildman–Crippen LogP) is 4.52. The van der Waals surface area contributed by atoms with Crippen LogP contribution in [0.3, 0.4) is 0 Å². The Morgan fingerprint density at radius 2 is 1.81 bits per heavy atom. The van der Waals surface area contributed by atoms with Gasteiger partial charge >= 0.3 is 0 Å². The molecule has 1 aromatic heterocycles. The van der Waals surface area contributed by atoms with E-state index in [0.29, 0.717) is 0 Å². The van der Waals surface area contributed by atoms with Crippen LogP contribution in [-0.2, 0) is 0 Å². The molecule has 2 rings (SSSR count). The second-order valence-corrected chi connectivity index (χ2v) is 4.74. The van der Waals surface area contributed by atoms with Gasteiger partial charge in [0.25, 0.3) is 0 Å². The van der Waals surface area contributed by atoms with Crippen molar-refractivity contribution in [3.05, 3.63) is 52.4 Å². The number of benzene rings is 1. The van der Waals surface area contributed by atoms with E-state index in [-0.39, 0.29) is 6.04 Å². The zero-order valence-electron chi connectivity index (χ0n) is 9.33. The van der Waals surface area contributed by atoms with Crippen molar-refractivity contribution in [2.45, 2.75) is 19.9 Å². The highest BCUT2D eigenvalue weighted by Gasteiger charge is 2.08. The number of anilines is 1. The van der Waals surface area contributed by atoms with Gasteiger partial charge in [-0.05, 0) is 50.2 Å². The molecule has 0 aliphatic carbocycles. The van der Waals surface area contributed by atoms with Crippen LogP contribution in [-0.4, -0.2) is 0 Å². The van der Waals surface area contributed by atoms with Crippen LogP contribution in [0.15, 0.2) is 45.3 Å². The number of aryl methyl sites for hydroxylation is 1. The number of rotatable bonds is 3. The summed E-state index contributed by atoms with van der Waals surface area (Å²) >= 11 is 3.41. The van der Waals surface area contributed by atoms with Crippen molar-refractivity contribution in [3.63, 3.8) is 0 Å². The van der Waals surface area contributed by atoms with Gasteiger partial charge in [0.15, 0.2) is 0 Å². The van der Waals surface area contributed by atoms with Crippen molar-refractivity contribution < 1.29 is 4.42 Å². The standard InChI is InChI=1S/C13H14BrNO/c1-9-3-8-13(16-9)10(2)15-12-6-4-11(14)5-7-12/h3-8,10,15H,1-2H3. The predicted molar refractivity (Wildman–Crippen MR) is 69.6 cm³/mol. The van der Waals surface area contributed by atoms with Gasteiger partial charge in [0, 0.05) is 10.2 Å². The Balaban J connectivity index is 2.07. The smallest absolute Gasteiger partial charge is 0.126 e. The van der Waals surface area contributed by atoms with E-state index in [9.17, 15) is 0 Å². The molecule has 84 valence electrons. The molecule has 0 saturated carbocycles. The third kappa shape index (κ3) is 2.67. The maximum absolute atomic E-state index is 5.57. The lowest BCUT2D eigenvalue weighted by Gasteiger charge is -2.12. The summed E-state index contributed by atoms with van der Waals surface area (Å²) < 4.78 is 6.65. The first-order valence-electron chi connectivity index (χ1n) is 5.23. The summed E-state index contributed by atoms with van der Waals surface area (Å²) in [5.41, 5.74) is 1.09. The quantitative estimate of drug-likeness (QED) is 0.894. The lowest BCUT2D eigenvalue weighted by Crippen LogP contribution is -2.05. The second kappa shape index (κ2) is 4.74. The first-order valence-corrected chi connectivity index (χ1v) is 6.03. The third-order valence-corrected chi connectivity index (χ3v) is 2.94. The van der Waals surface area contributed by atoms with Crippen molar-refractivity contribution in [2.24, 2.45) is 0 Å². The van der Waals surface area contributed by atoms with Gasteiger partial charge in [-0.15, -0.1) is 0 Å². The van der Waals surface area contributed by atoms with E-state index in [4.69, 9.17) is 4.42 Å². The summed E-state index contributed by atoms with van der Waals surface area (Å²) in [5, 5.41) is 3.38. The zero-order valence-corrected chi connectivity index (χ0v) is 10.9. The van der Waals surface area contributed by atoms with Gasteiger partial charge in [-0.2, -0.15) is 0 Å². The molecule has 0 radical (unpaired) electrons. The van der Waals surface area contributed by atoms with Gasteiger partial charge in [-0.1, -0.05) is 15.9 Å². The third-order valence-electron chi connectivity index (χ3n) is 2.42. The molecule has 1 unspecified atom stereocenters. The first-order chi connectivity index (χ1) is 7.65. The van der Waals surface area contributed by atoms with Crippen LogP contribution < -0.4 is 5.32 Å². The number of hydrogen-bond donors (Lipinski definition) is 1. The van der Waals surface area contributed by atoms with Crippen LogP contribution >= 0.6 is 15.9 Å². The Bertz CT molecular complexity index is 461. The second-order valence-electron chi connectivity index (χ2n) is 3.82. The van der Waals surface area contributed by atoms with E-state index in [1.54, 1.807) is 0 Å². The van der Waals surface area contributed by atoms with Crippen LogP contribution in [0.4, 0.5) is 5.69 Å². The van der Waals surface area contributed by atoms with E-state index in [1.807, 2.05) is 43.3 Å². The maximum atomic E-state index is 5.57. The van der Waals surface area contributed by atoms with E-state index < -0.39 is 0 Å². The van der Waals surface area contributed by atoms with Crippen molar-refractivity contribution in [3.8, 4) is 0 Å². The van der Waals surface area contributed by atoms with Crippen molar-refractivity contribution in [1.29, 1.82) is 0 Å². The number of nitrogens with one attached hydrogen (secondary N) is 1. The molecular weight excluding hydrogens is 266 g/mol. The van der Waals surface area contributed by atoms with E-state index in [0.717, 1.165) is 21.7 Å². The Labute approximate surface area is 104 Å². The Morgan fingerprint density at radius 3 is 2.38 bits per heavy atom. The van der Waals surface area contributed by atoms with Crippen molar-refractivity contribution in [2.75, 3.05) is 5.32 Å². The molecule has 1 heterocycles. The van der Waals surface area contributed by atoms with Gasteiger partial charge in [-0.25, -0.2) is 0 Å². The average molecular weight is 280 g/mol. The minimum Gasteiger partial charge on any atom is -0.464 e. The van der Waals surface area contributed by atoms with Crippen LogP contribution in [0, 0.1) is 6.92 Å².